The Kier molecular flexibility index (Phi) is 7.36. The van der Waals surface area contributed by atoms with E-state index in [1.54, 1.807) is 36.1 Å². The maximum atomic E-state index is 12.0. The number of fused-ring (bicyclic) bond motifs is 1. The van der Waals surface area contributed by atoms with Gasteiger partial charge in [0.05, 0.1) is 20.8 Å². The summed E-state index contributed by atoms with van der Waals surface area (Å²) in [4.78, 5) is 38.7. The van der Waals surface area contributed by atoms with Crippen molar-refractivity contribution in [2.75, 3.05) is 17.7 Å². The third-order valence-electron chi connectivity index (χ3n) is 4.10. The number of nitrogens with one attached hydrogen (secondary N) is 1. The van der Waals surface area contributed by atoms with Gasteiger partial charge in [-0.3, -0.25) is 19.7 Å². The van der Waals surface area contributed by atoms with E-state index in [9.17, 15) is 19.7 Å². The summed E-state index contributed by atoms with van der Waals surface area (Å²) in [7, 11) is 0. The normalized spacial score (nSPS) is 10.7. The lowest BCUT2D eigenvalue weighted by Crippen LogP contribution is -2.21. The van der Waals surface area contributed by atoms with E-state index in [0.29, 0.717) is 23.4 Å². The fourth-order valence-electron chi connectivity index (χ4n) is 2.55. The minimum Gasteiger partial charge on any atom is -0.456 e. The number of carbonyl (C=O) groups excluding carboxylic acids is 2. The second-order valence-electron chi connectivity index (χ2n) is 6.36. The molecule has 0 atom stereocenters. The number of aryl methyl sites for hydroxylation is 1. The van der Waals surface area contributed by atoms with E-state index in [2.05, 4.69) is 10.3 Å². The van der Waals surface area contributed by atoms with Gasteiger partial charge in [0.25, 0.3) is 11.6 Å². The Bertz CT molecular complexity index is 1050. The summed E-state index contributed by atoms with van der Waals surface area (Å²) in [6.07, 6.45) is 0.798. The number of carbonyl (C=O) groups is 2. The smallest absolute Gasteiger partial charge is 0.306 e. The number of anilines is 1. The van der Waals surface area contributed by atoms with E-state index in [1.807, 2.05) is 24.3 Å². The zero-order valence-electron chi connectivity index (χ0n) is 16.1. The van der Waals surface area contributed by atoms with Gasteiger partial charge in [-0.1, -0.05) is 30.0 Å². The predicted octanol–water partition coefficient (Wildman–Crippen LogP) is 4.57. The fourth-order valence-corrected chi connectivity index (χ4v) is 4.63. The molecule has 1 aromatic heterocycles. The predicted molar refractivity (Wildman–Crippen MR) is 117 cm³/mol. The van der Waals surface area contributed by atoms with Gasteiger partial charge in [-0.05, 0) is 31.0 Å². The quantitative estimate of drug-likeness (QED) is 0.169. The van der Waals surface area contributed by atoms with Crippen molar-refractivity contribution in [3.05, 3.63) is 58.1 Å². The lowest BCUT2D eigenvalue weighted by molar-refractivity contribution is -0.384. The summed E-state index contributed by atoms with van der Waals surface area (Å²) >= 11 is 3.20. The molecule has 1 heterocycles. The van der Waals surface area contributed by atoms with Gasteiger partial charge >= 0.3 is 5.97 Å². The minimum absolute atomic E-state index is 0.126. The standard InChI is InChI=1S/C20H19N3O5S2/c1-13-8-9-14(23(26)27)11-16(13)21-18(24)12-28-19(25)7-4-10-29-20-22-15-5-2-3-6-17(15)30-20/h2-3,5-6,8-9,11H,4,7,10,12H2,1H3,(H,21,24). The van der Waals surface area contributed by atoms with Crippen LogP contribution >= 0.6 is 23.1 Å². The molecule has 0 radical (unpaired) electrons. The zero-order chi connectivity index (χ0) is 21.5. The van der Waals surface area contributed by atoms with Gasteiger partial charge in [0.15, 0.2) is 10.9 Å². The molecule has 2 aromatic carbocycles. The molecule has 30 heavy (non-hydrogen) atoms. The Morgan fingerprint density at radius 2 is 2.07 bits per heavy atom. The van der Waals surface area contributed by atoms with E-state index in [1.165, 1.54) is 12.1 Å². The SMILES string of the molecule is Cc1ccc([N+](=O)[O-])cc1NC(=O)COC(=O)CCCSc1nc2ccccc2s1. The Morgan fingerprint density at radius 1 is 1.27 bits per heavy atom. The van der Waals surface area contributed by atoms with E-state index in [4.69, 9.17) is 4.74 Å². The number of hydrogen-bond acceptors (Lipinski definition) is 8. The third-order valence-corrected chi connectivity index (χ3v) is 6.36. The number of esters is 1. The molecule has 3 aromatic rings. The number of thiazole rings is 1. The number of non-ortho nitro benzene ring substituents is 1. The first-order chi connectivity index (χ1) is 14.4. The molecule has 1 amide bonds. The van der Waals surface area contributed by atoms with Gasteiger partial charge in [-0.2, -0.15) is 0 Å². The van der Waals surface area contributed by atoms with Gasteiger partial charge in [-0.15, -0.1) is 11.3 Å². The van der Waals surface area contributed by atoms with Gasteiger partial charge in [-0.25, -0.2) is 4.98 Å². The van der Waals surface area contributed by atoms with Gasteiger partial charge in [0.2, 0.25) is 0 Å². The number of para-hydroxylation sites is 1. The van der Waals surface area contributed by atoms with Crippen molar-refractivity contribution in [3.8, 4) is 0 Å². The number of ether oxygens (including phenoxy) is 1. The number of amides is 1. The molecule has 0 aliphatic rings. The number of hydrogen-bond donors (Lipinski definition) is 1. The summed E-state index contributed by atoms with van der Waals surface area (Å²) < 4.78 is 7.07. The molecule has 1 N–H and O–H groups in total. The monoisotopic (exact) mass is 445 g/mol. The summed E-state index contributed by atoms with van der Waals surface area (Å²) in [6.45, 7) is 1.28. The number of nitrogens with zero attached hydrogens (tertiary/aromatic N) is 2. The van der Waals surface area contributed by atoms with Gasteiger partial charge in [0, 0.05) is 24.3 Å². The van der Waals surface area contributed by atoms with Crippen LogP contribution in [0.5, 0.6) is 0 Å². The van der Waals surface area contributed by atoms with Crippen molar-refractivity contribution in [3.63, 3.8) is 0 Å². The molecule has 0 saturated heterocycles. The maximum Gasteiger partial charge on any atom is 0.306 e. The molecule has 0 aliphatic heterocycles. The molecular weight excluding hydrogens is 426 g/mol. The highest BCUT2D eigenvalue weighted by molar-refractivity contribution is 8.01. The van der Waals surface area contributed by atoms with Crippen LogP contribution in [0.25, 0.3) is 10.2 Å². The molecule has 10 heteroatoms. The number of benzene rings is 2. The molecule has 0 spiro atoms. The Hall–Kier alpha value is -2.98. The highest BCUT2D eigenvalue weighted by Crippen LogP contribution is 2.29. The molecule has 0 fully saturated rings. The molecule has 0 saturated carbocycles. The van der Waals surface area contributed by atoms with Crippen molar-refractivity contribution < 1.29 is 19.2 Å². The van der Waals surface area contributed by atoms with Crippen LogP contribution in [-0.2, 0) is 14.3 Å². The molecule has 3 rings (SSSR count). The fraction of sp³-hybridized carbons (Fsp3) is 0.250. The van der Waals surface area contributed by atoms with E-state index in [-0.39, 0.29) is 12.1 Å². The van der Waals surface area contributed by atoms with Crippen LogP contribution in [0.4, 0.5) is 11.4 Å². The summed E-state index contributed by atoms with van der Waals surface area (Å²) in [5.41, 5.74) is 1.83. The highest BCUT2D eigenvalue weighted by atomic mass is 32.2. The van der Waals surface area contributed by atoms with Crippen molar-refractivity contribution in [2.45, 2.75) is 24.1 Å². The number of thioether (sulfide) groups is 1. The second-order valence-corrected chi connectivity index (χ2v) is 8.74. The Balaban J connectivity index is 1.37. The average Bonchev–Trinajstić information content (AvgIpc) is 3.14. The summed E-state index contributed by atoms with van der Waals surface area (Å²) in [6, 6.07) is 12.1. The van der Waals surface area contributed by atoms with Crippen molar-refractivity contribution in [1.82, 2.24) is 4.98 Å². The van der Waals surface area contributed by atoms with E-state index in [0.717, 1.165) is 14.6 Å². The van der Waals surface area contributed by atoms with Gasteiger partial charge < -0.3 is 10.1 Å². The van der Waals surface area contributed by atoms with E-state index < -0.39 is 23.4 Å². The molecule has 0 unspecified atom stereocenters. The first-order valence-corrected chi connectivity index (χ1v) is 10.9. The van der Waals surface area contributed by atoms with Gasteiger partial charge in [0.1, 0.15) is 0 Å². The van der Waals surface area contributed by atoms with Crippen LogP contribution in [0.2, 0.25) is 0 Å². The molecule has 8 nitrogen and oxygen atoms in total. The molecule has 0 bridgehead atoms. The number of aromatic nitrogens is 1. The first-order valence-electron chi connectivity index (χ1n) is 9.11. The number of rotatable bonds is 9. The molecular formula is C20H19N3O5S2. The van der Waals surface area contributed by atoms with Crippen LogP contribution in [-0.4, -0.2) is 34.1 Å². The lowest BCUT2D eigenvalue weighted by atomic mass is 10.2. The Labute approximate surface area is 180 Å². The minimum atomic E-state index is -0.546. The average molecular weight is 446 g/mol. The van der Waals surface area contributed by atoms with Crippen LogP contribution in [0.15, 0.2) is 46.8 Å². The number of nitro groups is 1. The topological polar surface area (TPSA) is 111 Å². The second kappa shape index (κ2) is 10.2. The third kappa shape index (κ3) is 6.01. The van der Waals surface area contributed by atoms with Crippen LogP contribution in [0.3, 0.4) is 0 Å². The summed E-state index contributed by atoms with van der Waals surface area (Å²) in [5, 5.41) is 13.4. The van der Waals surface area contributed by atoms with Crippen molar-refractivity contribution in [2.24, 2.45) is 0 Å². The van der Waals surface area contributed by atoms with Crippen molar-refractivity contribution >= 4 is 56.6 Å². The van der Waals surface area contributed by atoms with Crippen LogP contribution in [0, 0.1) is 17.0 Å². The molecule has 156 valence electrons. The first kappa shape index (κ1) is 21.7. The zero-order valence-corrected chi connectivity index (χ0v) is 17.8. The van der Waals surface area contributed by atoms with Crippen LogP contribution < -0.4 is 5.32 Å². The van der Waals surface area contributed by atoms with E-state index >= 15 is 0 Å². The molecule has 0 aliphatic carbocycles. The Morgan fingerprint density at radius 3 is 2.83 bits per heavy atom. The largest absolute Gasteiger partial charge is 0.456 e. The summed E-state index contributed by atoms with van der Waals surface area (Å²) in [5.74, 6) is -0.296. The number of nitro benzene ring substituents is 1. The lowest BCUT2D eigenvalue weighted by Gasteiger charge is -2.09. The van der Waals surface area contributed by atoms with Crippen molar-refractivity contribution in [1.29, 1.82) is 0 Å². The maximum absolute atomic E-state index is 12.0. The highest BCUT2D eigenvalue weighted by Gasteiger charge is 2.13. The van der Waals surface area contributed by atoms with Crippen LogP contribution in [0.1, 0.15) is 18.4 Å².